The standard InChI is InChI=1S/C19H24N4O.HI/c1-14(2)24-18-9-8-15(12-21-18)13-22-19(20-3)23-11-10-16-6-4-5-7-17(16)23;/h4-9,12,14H,10-11,13H2,1-3H3,(H,20,22);1H. The van der Waals surface area contributed by atoms with E-state index in [1.54, 1.807) is 0 Å². The molecule has 25 heavy (non-hydrogen) atoms. The molecular formula is C19H25IN4O. The first-order chi connectivity index (χ1) is 11.7. The molecule has 0 spiro atoms. The molecule has 1 aromatic carbocycles. The lowest BCUT2D eigenvalue weighted by atomic mass is 10.2. The van der Waals surface area contributed by atoms with Crippen LogP contribution in [0, 0.1) is 0 Å². The highest BCUT2D eigenvalue weighted by Crippen LogP contribution is 2.27. The number of anilines is 1. The molecule has 0 unspecified atom stereocenters. The van der Waals surface area contributed by atoms with E-state index in [1.807, 2.05) is 39.2 Å². The molecule has 1 N–H and O–H groups in total. The molecule has 1 aliphatic rings. The molecule has 134 valence electrons. The number of fused-ring (bicyclic) bond motifs is 1. The summed E-state index contributed by atoms with van der Waals surface area (Å²) in [5.41, 5.74) is 3.71. The topological polar surface area (TPSA) is 49.8 Å². The first kappa shape index (κ1) is 19.5. The number of nitrogens with zero attached hydrogens (tertiary/aromatic N) is 3. The number of rotatable bonds is 4. The fourth-order valence-corrected chi connectivity index (χ4v) is 2.86. The van der Waals surface area contributed by atoms with Crippen LogP contribution in [0.4, 0.5) is 5.69 Å². The van der Waals surface area contributed by atoms with Gasteiger partial charge in [-0.15, -0.1) is 24.0 Å². The molecule has 0 bridgehead atoms. The van der Waals surface area contributed by atoms with Crippen molar-refractivity contribution in [3.05, 3.63) is 53.7 Å². The van der Waals surface area contributed by atoms with Crippen LogP contribution in [0.5, 0.6) is 5.88 Å². The van der Waals surface area contributed by atoms with Gasteiger partial charge in [0.05, 0.1) is 6.10 Å². The van der Waals surface area contributed by atoms with E-state index in [-0.39, 0.29) is 30.1 Å². The van der Waals surface area contributed by atoms with Crippen molar-refractivity contribution in [1.82, 2.24) is 10.3 Å². The number of benzene rings is 1. The lowest BCUT2D eigenvalue weighted by molar-refractivity contribution is 0.232. The minimum absolute atomic E-state index is 0. The van der Waals surface area contributed by atoms with Gasteiger partial charge in [0, 0.05) is 38.1 Å². The van der Waals surface area contributed by atoms with Crippen LogP contribution >= 0.6 is 24.0 Å². The third-order valence-corrected chi connectivity index (χ3v) is 3.96. The van der Waals surface area contributed by atoms with Crippen molar-refractivity contribution in [2.24, 2.45) is 4.99 Å². The zero-order valence-corrected chi connectivity index (χ0v) is 17.2. The number of pyridine rings is 1. The summed E-state index contributed by atoms with van der Waals surface area (Å²) < 4.78 is 5.57. The largest absolute Gasteiger partial charge is 0.475 e. The van der Waals surface area contributed by atoms with Gasteiger partial charge >= 0.3 is 0 Å². The molecule has 2 aromatic rings. The lowest BCUT2D eigenvalue weighted by Crippen LogP contribution is -2.40. The van der Waals surface area contributed by atoms with Crippen molar-refractivity contribution in [3.63, 3.8) is 0 Å². The molecule has 0 amide bonds. The van der Waals surface area contributed by atoms with Gasteiger partial charge in [0.25, 0.3) is 0 Å². The molecule has 0 fully saturated rings. The number of aromatic nitrogens is 1. The van der Waals surface area contributed by atoms with Crippen LogP contribution in [0.3, 0.4) is 0 Å². The van der Waals surface area contributed by atoms with Crippen molar-refractivity contribution < 1.29 is 4.74 Å². The van der Waals surface area contributed by atoms with Crippen LogP contribution < -0.4 is 15.0 Å². The molecule has 1 aromatic heterocycles. The maximum absolute atomic E-state index is 5.57. The Morgan fingerprint density at radius 1 is 1.28 bits per heavy atom. The van der Waals surface area contributed by atoms with Gasteiger partial charge in [0.15, 0.2) is 5.96 Å². The molecule has 5 nitrogen and oxygen atoms in total. The summed E-state index contributed by atoms with van der Waals surface area (Å²) in [6.07, 6.45) is 3.03. The van der Waals surface area contributed by atoms with E-state index in [0.29, 0.717) is 12.4 Å². The Labute approximate surface area is 166 Å². The highest BCUT2D eigenvalue weighted by atomic mass is 127. The smallest absolute Gasteiger partial charge is 0.213 e. The van der Waals surface area contributed by atoms with Crippen LogP contribution in [0.25, 0.3) is 0 Å². The molecule has 3 rings (SSSR count). The number of para-hydroxylation sites is 1. The van der Waals surface area contributed by atoms with Crippen molar-refractivity contribution >= 4 is 35.6 Å². The van der Waals surface area contributed by atoms with E-state index in [4.69, 9.17) is 4.74 Å². The Morgan fingerprint density at radius 3 is 2.76 bits per heavy atom. The predicted molar refractivity (Wildman–Crippen MR) is 113 cm³/mol. The Bertz CT molecular complexity index is 716. The summed E-state index contributed by atoms with van der Waals surface area (Å²) in [5, 5.41) is 3.42. The maximum atomic E-state index is 5.57. The van der Waals surface area contributed by atoms with E-state index in [0.717, 1.165) is 24.5 Å². The second-order valence-corrected chi connectivity index (χ2v) is 6.10. The van der Waals surface area contributed by atoms with Crippen molar-refractivity contribution in [3.8, 4) is 5.88 Å². The minimum Gasteiger partial charge on any atom is -0.475 e. The average molecular weight is 452 g/mol. The monoisotopic (exact) mass is 452 g/mol. The fraction of sp³-hybridized carbons (Fsp3) is 0.368. The van der Waals surface area contributed by atoms with Gasteiger partial charge in [-0.2, -0.15) is 0 Å². The highest BCUT2D eigenvalue weighted by molar-refractivity contribution is 14.0. The van der Waals surface area contributed by atoms with Crippen LogP contribution in [0.1, 0.15) is 25.0 Å². The normalized spacial score (nSPS) is 13.4. The van der Waals surface area contributed by atoms with Crippen LogP contribution in [-0.4, -0.2) is 30.6 Å². The van der Waals surface area contributed by atoms with E-state index in [2.05, 4.69) is 44.5 Å². The summed E-state index contributed by atoms with van der Waals surface area (Å²) in [6.45, 7) is 5.63. The van der Waals surface area contributed by atoms with Crippen molar-refractivity contribution in [2.75, 3.05) is 18.5 Å². The van der Waals surface area contributed by atoms with Crippen molar-refractivity contribution in [1.29, 1.82) is 0 Å². The number of aliphatic imine (C=N–C) groups is 1. The Hall–Kier alpha value is -1.83. The second kappa shape index (κ2) is 9.03. The molecular weight excluding hydrogens is 427 g/mol. The van der Waals surface area contributed by atoms with Gasteiger partial charge in [0.2, 0.25) is 5.88 Å². The third kappa shape index (κ3) is 4.84. The van der Waals surface area contributed by atoms with Gasteiger partial charge in [-0.05, 0) is 37.5 Å². The van der Waals surface area contributed by atoms with E-state index in [1.165, 1.54) is 11.3 Å². The van der Waals surface area contributed by atoms with Gasteiger partial charge in [-0.3, -0.25) is 4.99 Å². The average Bonchev–Trinajstić information content (AvgIpc) is 3.01. The number of hydrogen-bond acceptors (Lipinski definition) is 3. The number of ether oxygens (including phenoxy) is 1. The second-order valence-electron chi connectivity index (χ2n) is 6.10. The summed E-state index contributed by atoms with van der Waals surface area (Å²) in [7, 11) is 1.82. The van der Waals surface area contributed by atoms with E-state index >= 15 is 0 Å². The molecule has 0 aliphatic carbocycles. The van der Waals surface area contributed by atoms with Crippen LogP contribution in [0.15, 0.2) is 47.6 Å². The van der Waals surface area contributed by atoms with Gasteiger partial charge in [-0.1, -0.05) is 24.3 Å². The highest BCUT2D eigenvalue weighted by Gasteiger charge is 2.22. The molecule has 6 heteroatoms. The minimum atomic E-state index is 0. The fourth-order valence-electron chi connectivity index (χ4n) is 2.86. The van der Waals surface area contributed by atoms with E-state index < -0.39 is 0 Å². The Balaban J connectivity index is 0.00000225. The maximum Gasteiger partial charge on any atom is 0.213 e. The lowest BCUT2D eigenvalue weighted by Gasteiger charge is -2.22. The third-order valence-electron chi connectivity index (χ3n) is 3.96. The van der Waals surface area contributed by atoms with E-state index in [9.17, 15) is 0 Å². The first-order valence-electron chi connectivity index (χ1n) is 8.35. The van der Waals surface area contributed by atoms with Gasteiger partial charge < -0.3 is 15.0 Å². The number of nitrogens with one attached hydrogen (secondary N) is 1. The molecule has 2 heterocycles. The Kier molecular flexibility index (Phi) is 7.04. The van der Waals surface area contributed by atoms with Crippen LogP contribution in [0.2, 0.25) is 0 Å². The van der Waals surface area contributed by atoms with Crippen molar-refractivity contribution in [2.45, 2.75) is 32.9 Å². The molecule has 0 atom stereocenters. The molecule has 0 saturated heterocycles. The SMILES string of the molecule is CN=C(NCc1ccc(OC(C)C)nc1)N1CCc2ccccc21.I. The summed E-state index contributed by atoms with van der Waals surface area (Å²) in [6, 6.07) is 12.4. The summed E-state index contributed by atoms with van der Waals surface area (Å²) in [4.78, 5) is 11.0. The quantitative estimate of drug-likeness (QED) is 0.438. The first-order valence-corrected chi connectivity index (χ1v) is 8.35. The number of guanidine groups is 1. The molecule has 1 aliphatic heterocycles. The van der Waals surface area contributed by atoms with Gasteiger partial charge in [0.1, 0.15) is 0 Å². The van der Waals surface area contributed by atoms with Gasteiger partial charge in [-0.25, -0.2) is 4.98 Å². The molecule has 0 saturated carbocycles. The summed E-state index contributed by atoms with van der Waals surface area (Å²) in [5.74, 6) is 1.55. The zero-order valence-electron chi connectivity index (χ0n) is 14.9. The Morgan fingerprint density at radius 2 is 2.08 bits per heavy atom. The van der Waals surface area contributed by atoms with Crippen LogP contribution in [-0.2, 0) is 13.0 Å². The zero-order chi connectivity index (χ0) is 16.9. The number of halogens is 1. The summed E-state index contributed by atoms with van der Waals surface area (Å²) >= 11 is 0. The number of hydrogen-bond donors (Lipinski definition) is 1. The predicted octanol–water partition coefficient (Wildman–Crippen LogP) is 3.62. The molecule has 0 radical (unpaired) electrons.